The maximum atomic E-state index is 13.2. The summed E-state index contributed by atoms with van der Waals surface area (Å²) >= 11 is 0. The van der Waals surface area contributed by atoms with Gasteiger partial charge in [0.05, 0.1) is 5.56 Å². The van der Waals surface area contributed by atoms with E-state index in [0.29, 0.717) is 6.04 Å². The Balaban J connectivity index is 2.84. The molecule has 0 N–H and O–H groups in total. The quantitative estimate of drug-likeness (QED) is 0.781. The van der Waals surface area contributed by atoms with E-state index in [0.717, 1.165) is 25.1 Å². The lowest BCUT2D eigenvalue weighted by Gasteiger charge is -2.27. The molecule has 0 fully saturated rings. The topological polar surface area (TPSA) is 27.0 Å². The van der Waals surface area contributed by atoms with E-state index in [1.807, 2.05) is 6.07 Å². The van der Waals surface area contributed by atoms with Crippen LogP contribution in [0.5, 0.6) is 0 Å². The molecule has 0 saturated carbocycles. The van der Waals surface area contributed by atoms with Gasteiger partial charge in [0.1, 0.15) is 11.9 Å². The van der Waals surface area contributed by atoms with Crippen molar-refractivity contribution in [3.05, 3.63) is 35.1 Å². The summed E-state index contributed by atoms with van der Waals surface area (Å²) in [6, 6.07) is 7.14. The van der Waals surface area contributed by atoms with E-state index in [9.17, 15) is 4.39 Å². The predicted octanol–water partition coefficient (Wildman–Crippen LogP) is 3.32. The summed E-state index contributed by atoms with van der Waals surface area (Å²) in [6.07, 6.45) is 1.08. The van der Waals surface area contributed by atoms with Crippen LogP contribution in [0.3, 0.4) is 0 Å². The third kappa shape index (κ3) is 3.54. The fourth-order valence-electron chi connectivity index (χ4n) is 1.83. The maximum Gasteiger partial charge on any atom is 0.140 e. The number of benzene rings is 1. The third-order valence-corrected chi connectivity index (χ3v) is 3.16. The van der Waals surface area contributed by atoms with Crippen molar-refractivity contribution in [1.29, 1.82) is 5.26 Å². The summed E-state index contributed by atoms with van der Waals surface area (Å²) in [4.78, 5) is 2.31. The van der Waals surface area contributed by atoms with Gasteiger partial charge in [-0.2, -0.15) is 5.26 Å². The van der Waals surface area contributed by atoms with E-state index >= 15 is 0 Å². The normalized spacial score (nSPS) is 12.5. The van der Waals surface area contributed by atoms with Crippen LogP contribution in [0.4, 0.5) is 4.39 Å². The monoisotopic (exact) mass is 234 g/mol. The largest absolute Gasteiger partial charge is 0.297 e. The molecule has 0 spiro atoms. The summed E-state index contributed by atoms with van der Waals surface area (Å²) in [5.74, 6) is -0.442. The van der Waals surface area contributed by atoms with Crippen molar-refractivity contribution < 1.29 is 4.39 Å². The number of rotatable bonds is 5. The molecule has 1 aromatic carbocycles. The molecule has 0 radical (unpaired) electrons. The predicted molar refractivity (Wildman–Crippen MR) is 67.0 cm³/mol. The van der Waals surface area contributed by atoms with Gasteiger partial charge >= 0.3 is 0 Å². The number of hydrogen-bond donors (Lipinski definition) is 0. The first kappa shape index (κ1) is 13.7. The van der Waals surface area contributed by atoms with E-state index in [4.69, 9.17) is 5.26 Å². The van der Waals surface area contributed by atoms with Crippen molar-refractivity contribution in [1.82, 2.24) is 4.90 Å². The molecule has 17 heavy (non-hydrogen) atoms. The highest BCUT2D eigenvalue weighted by molar-refractivity contribution is 5.34. The molecule has 1 atom stereocenters. The average Bonchev–Trinajstić information content (AvgIpc) is 2.36. The van der Waals surface area contributed by atoms with Gasteiger partial charge < -0.3 is 0 Å². The van der Waals surface area contributed by atoms with Crippen molar-refractivity contribution in [3.8, 4) is 6.07 Å². The van der Waals surface area contributed by atoms with Crippen LogP contribution >= 0.6 is 0 Å². The summed E-state index contributed by atoms with van der Waals surface area (Å²) < 4.78 is 13.2. The van der Waals surface area contributed by atoms with Crippen LogP contribution in [-0.4, -0.2) is 17.5 Å². The van der Waals surface area contributed by atoms with Crippen LogP contribution in [0.1, 0.15) is 38.3 Å². The van der Waals surface area contributed by atoms with Crippen molar-refractivity contribution in [2.45, 2.75) is 39.8 Å². The first-order valence-corrected chi connectivity index (χ1v) is 6.04. The molecule has 0 bridgehead atoms. The minimum absolute atomic E-state index is 0.128. The van der Waals surface area contributed by atoms with Gasteiger partial charge in [0.15, 0.2) is 0 Å². The summed E-state index contributed by atoms with van der Waals surface area (Å²) in [6.45, 7) is 8.16. The van der Waals surface area contributed by atoms with E-state index in [2.05, 4.69) is 25.7 Å². The smallest absolute Gasteiger partial charge is 0.140 e. The van der Waals surface area contributed by atoms with Gasteiger partial charge in [-0.15, -0.1) is 0 Å². The van der Waals surface area contributed by atoms with E-state index in [1.165, 1.54) is 6.07 Å². The highest BCUT2D eigenvalue weighted by Crippen LogP contribution is 2.14. The molecule has 92 valence electrons. The number of hydrogen-bond acceptors (Lipinski definition) is 2. The first-order valence-electron chi connectivity index (χ1n) is 6.04. The number of nitriles is 1. The van der Waals surface area contributed by atoms with Crippen molar-refractivity contribution in [2.24, 2.45) is 0 Å². The van der Waals surface area contributed by atoms with Gasteiger partial charge in [0.25, 0.3) is 0 Å². The van der Waals surface area contributed by atoms with Gasteiger partial charge in [-0.1, -0.05) is 19.9 Å². The molecular formula is C14H19FN2. The fraction of sp³-hybridized carbons (Fsp3) is 0.500. The second-order valence-electron chi connectivity index (χ2n) is 4.25. The Kier molecular flexibility index (Phi) is 5.11. The van der Waals surface area contributed by atoms with Crippen LogP contribution < -0.4 is 0 Å². The number of halogens is 1. The lowest BCUT2D eigenvalue weighted by molar-refractivity contribution is 0.206. The molecule has 1 rings (SSSR count). The second-order valence-corrected chi connectivity index (χ2v) is 4.25. The minimum Gasteiger partial charge on any atom is -0.297 e. The fourth-order valence-corrected chi connectivity index (χ4v) is 1.83. The standard InChI is InChI=1S/C14H19FN2/c1-4-11(3)17(5-2)10-12-6-7-14(15)13(8-12)9-16/h6-8,11H,4-5,10H2,1-3H3. The van der Waals surface area contributed by atoms with Gasteiger partial charge in [-0.05, 0) is 37.6 Å². The van der Waals surface area contributed by atoms with Gasteiger partial charge in [0.2, 0.25) is 0 Å². The maximum absolute atomic E-state index is 13.2. The number of nitrogens with zero attached hydrogens (tertiary/aromatic N) is 2. The molecule has 2 nitrogen and oxygen atoms in total. The van der Waals surface area contributed by atoms with Gasteiger partial charge in [-0.25, -0.2) is 4.39 Å². The van der Waals surface area contributed by atoms with Crippen LogP contribution in [-0.2, 0) is 6.54 Å². The lowest BCUT2D eigenvalue weighted by atomic mass is 10.1. The Morgan fingerprint density at radius 3 is 2.65 bits per heavy atom. The van der Waals surface area contributed by atoms with Crippen molar-refractivity contribution in [2.75, 3.05) is 6.54 Å². The zero-order valence-corrected chi connectivity index (χ0v) is 10.7. The highest BCUT2D eigenvalue weighted by Gasteiger charge is 2.11. The zero-order valence-electron chi connectivity index (χ0n) is 10.7. The van der Waals surface area contributed by atoms with Crippen molar-refractivity contribution in [3.63, 3.8) is 0 Å². The Labute approximate surface area is 103 Å². The van der Waals surface area contributed by atoms with Crippen LogP contribution in [0.15, 0.2) is 18.2 Å². The molecule has 0 aliphatic carbocycles. The second kappa shape index (κ2) is 6.36. The summed E-state index contributed by atoms with van der Waals surface area (Å²) in [7, 11) is 0. The van der Waals surface area contributed by atoms with Gasteiger partial charge in [-0.3, -0.25) is 4.90 Å². The third-order valence-electron chi connectivity index (χ3n) is 3.16. The summed E-state index contributed by atoms with van der Waals surface area (Å²) in [5, 5.41) is 8.79. The molecule has 0 aliphatic rings. The molecule has 3 heteroatoms. The van der Waals surface area contributed by atoms with E-state index in [-0.39, 0.29) is 5.56 Å². The molecule has 0 saturated heterocycles. The molecule has 0 amide bonds. The van der Waals surface area contributed by atoms with Crippen molar-refractivity contribution >= 4 is 0 Å². The molecule has 1 aromatic rings. The molecule has 0 aromatic heterocycles. The Hall–Kier alpha value is -1.40. The Morgan fingerprint density at radius 2 is 2.12 bits per heavy atom. The molecular weight excluding hydrogens is 215 g/mol. The SMILES string of the molecule is CCC(C)N(CC)Cc1ccc(F)c(C#N)c1. The van der Waals surface area contributed by atoms with E-state index in [1.54, 1.807) is 12.1 Å². The minimum atomic E-state index is -0.442. The average molecular weight is 234 g/mol. The van der Waals surface area contributed by atoms with Crippen LogP contribution in [0.2, 0.25) is 0 Å². The highest BCUT2D eigenvalue weighted by atomic mass is 19.1. The molecule has 1 unspecified atom stereocenters. The van der Waals surface area contributed by atoms with Gasteiger partial charge in [0, 0.05) is 12.6 Å². The Morgan fingerprint density at radius 1 is 1.41 bits per heavy atom. The Bertz CT molecular complexity index is 409. The molecule has 0 heterocycles. The molecule has 0 aliphatic heterocycles. The zero-order chi connectivity index (χ0) is 12.8. The lowest BCUT2D eigenvalue weighted by Crippen LogP contribution is -2.31. The van der Waals surface area contributed by atoms with Crippen LogP contribution in [0.25, 0.3) is 0 Å². The van der Waals surface area contributed by atoms with Crippen LogP contribution in [0, 0.1) is 17.1 Å². The first-order chi connectivity index (χ1) is 8.12. The summed E-state index contributed by atoms with van der Waals surface area (Å²) in [5.41, 5.74) is 1.12. The van der Waals surface area contributed by atoms with E-state index < -0.39 is 5.82 Å².